The maximum atomic E-state index is 14.1. The molecule has 1 amide bonds. The second-order valence-corrected chi connectivity index (χ2v) is 9.18. The van der Waals surface area contributed by atoms with Gasteiger partial charge in [0.05, 0.1) is 23.0 Å². The molecule has 0 saturated carbocycles. The molecular weight excluding hydrogens is 502 g/mol. The van der Waals surface area contributed by atoms with Crippen LogP contribution in [0.25, 0.3) is 22.4 Å². The standard InChI is InChI=1S/C31H23N7O2/c1-20-26(29-33-16-7-19-37(29)36-20)30(39)34-21(2)28-27(23-8-4-3-5-9-23)31(40)38-24(10-6-11-25(38)35-28)13-12-22-14-17-32-18-15-22/h3-11,14-19,21H,1-2H3,(H,34,39). The molecule has 0 saturated heterocycles. The number of rotatable bonds is 4. The van der Waals surface area contributed by atoms with Gasteiger partial charge in [0.2, 0.25) is 0 Å². The first-order valence-electron chi connectivity index (χ1n) is 12.6. The van der Waals surface area contributed by atoms with E-state index in [-0.39, 0.29) is 11.5 Å². The molecule has 0 radical (unpaired) electrons. The van der Waals surface area contributed by atoms with Crippen LogP contribution in [0.3, 0.4) is 0 Å². The van der Waals surface area contributed by atoms with Gasteiger partial charge in [-0.3, -0.25) is 19.0 Å². The molecule has 0 aliphatic heterocycles. The molecular formula is C31H23N7O2. The van der Waals surface area contributed by atoms with Crippen LogP contribution < -0.4 is 10.9 Å². The van der Waals surface area contributed by atoms with E-state index in [0.717, 1.165) is 5.56 Å². The molecule has 5 heterocycles. The quantitative estimate of drug-likeness (QED) is 0.349. The van der Waals surface area contributed by atoms with Crippen molar-refractivity contribution in [1.29, 1.82) is 0 Å². The smallest absolute Gasteiger partial charge is 0.267 e. The lowest BCUT2D eigenvalue weighted by atomic mass is 10.0. The summed E-state index contributed by atoms with van der Waals surface area (Å²) >= 11 is 0. The zero-order chi connectivity index (χ0) is 27.6. The first-order chi connectivity index (χ1) is 19.5. The number of benzene rings is 1. The van der Waals surface area contributed by atoms with Crippen molar-refractivity contribution in [3.8, 4) is 23.0 Å². The van der Waals surface area contributed by atoms with E-state index in [4.69, 9.17) is 4.98 Å². The van der Waals surface area contributed by atoms with Gasteiger partial charge in [0, 0.05) is 30.4 Å². The molecule has 0 fully saturated rings. The summed E-state index contributed by atoms with van der Waals surface area (Å²) in [5, 5.41) is 7.41. The highest BCUT2D eigenvalue weighted by Crippen LogP contribution is 2.25. The minimum atomic E-state index is -0.606. The van der Waals surface area contributed by atoms with Crippen LogP contribution >= 0.6 is 0 Å². The summed E-state index contributed by atoms with van der Waals surface area (Å²) in [5.41, 5.74) is 4.34. The van der Waals surface area contributed by atoms with Gasteiger partial charge in [0.1, 0.15) is 16.9 Å². The fourth-order valence-electron chi connectivity index (χ4n) is 4.66. The van der Waals surface area contributed by atoms with Crippen molar-refractivity contribution in [2.75, 3.05) is 0 Å². The van der Waals surface area contributed by atoms with E-state index >= 15 is 0 Å². The molecule has 6 rings (SSSR count). The second-order valence-electron chi connectivity index (χ2n) is 9.18. The Morgan fingerprint density at radius 2 is 1.75 bits per heavy atom. The first kappa shape index (κ1) is 24.7. The van der Waals surface area contributed by atoms with Crippen molar-refractivity contribution in [1.82, 2.24) is 34.3 Å². The van der Waals surface area contributed by atoms with Crippen molar-refractivity contribution in [3.05, 3.63) is 130 Å². The van der Waals surface area contributed by atoms with Gasteiger partial charge in [-0.25, -0.2) is 14.5 Å². The molecule has 40 heavy (non-hydrogen) atoms. The number of nitrogens with one attached hydrogen (secondary N) is 1. The monoisotopic (exact) mass is 525 g/mol. The number of aryl methyl sites for hydroxylation is 1. The third kappa shape index (κ3) is 4.48. The van der Waals surface area contributed by atoms with E-state index < -0.39 is 6.04 Å². The topological polar surface area (TPSA) is 107 Å². The Morgan fingerprint density at radius 3 is 2.55 bits per heavy atom. The maximum absolute atomic E-state index is 14.1. The van der Waals surface area contributed by atoms with Crippen LogP contribution in [0.5, 0.6) is 0 Å². The Hall–Kier alpha value is -5.62. The average molecular weight is 526 g/mol. The van der Waals surface area contributed by atoms with E-state index in [1.807, 2.05) is 43.3 Å². The molecule has 0 spiro atoms. The Bertz CT molecular complexity index is 2000. The summed E-state index contributed by atoms with van der Waals surface area (Å²) in [5.74, 6) is 5.85. The van der Waals surface area contributed by atoms with Crippen molar-refractivity contribution in [2.24, 2.45) is 0 Å². The molecule has 1 unspecified atom stereocenters. The lowest BCUT2D eigenvalue weighted by Gasteiger charge is -2.18. The predicted octanol–water partition coefficient (Wildman–Crippen LogP) is 4.00. The number of carbonyl (C=O) groups excluding carboxylic acids is 1. The average Bonchev–Trinajstić information content (AvgIpc) is 3.32. The summed E-state index contributed by atoms with van der Waals surface area (Å²) in [6.45, 7) is 3.57. The van der Waals surface area contributed by atoms with E-state index in [1.54, 1.807) is 66.6 Å². The molecule has 0 bridgehead atoms. The van der Waals surface area contributed by atoms with Gasteiger partial charge in [0.25, 0.3) is 11.5 Å². The molecule has 0 aliphatic carbocycles. The third-order valence-corrected chi connectivity index (χ3v) is 6.51. The third-order valence-electron chi connectivity index (χ3n) is 6.51. The fraction of sp³-hybridized carbons (Fsp3) is 0.0968. The number of aromatic nitrogens is 6. The number of hydrogen-bond donors (Lipinski definition) is 1. The predicted molar refractivity (Wildman–Crippen MR) is 151 cm³/mol. The van der Waals surface area contributed by atoms with Gasteiger partial charge in [-0.05, 0) is 55.7 Å². The van der Waals surface area contributed by atoms with E-state index in [0.29, 0.717) is 45.1 Å². The summed E-state index contributed by atoms with van der Waals surface area (Å²) in [6, 6.07) is 19.4. The van der Waals surface area contributed by atoms with Crippen molar-refractivity contribution < 1.29 is 4.79 Å². The van der Waals surface area contributed by atoms with Gasteiger partial charge in [-0.1, -0.05) is 42.3 Å². The molecule has 194 valence electrons. The van der Waals surface area contributed by atoms with Crippen LogP contribution in [0.4, 0.5) is 0 Å². The Morgan fingerprint density at radius 1 is 0.950 bits per heavy atom. The summed E-state index contributed by atoms with van der Waals surface area (Å²) < 4.78 is 3.08. The van der Waals surface area contributed by atoms with Crippen LogP contribution in [0.1, 0.15) is 46.0 Å². The Labute approximate surface area is 229 Å². The minimum Gasteiger partial charge on any atom is -0.344 e. The molecule has 5 aromatic heterocycles. The Kier molecular flexibility index (Phi) is 6.34. The van der Waals surface area contributed by atoms with Crippen LogP contribution in [0.2, 0.25) is 0 Å². The first-order valence-corrected chi connectivity index (χ1v) is 12.6. The normalized spacial score (nSPS) is 11.7. The Balaban J connectivity index is 1.48. The van der Waals surface area contributed by atoms with E-state index in [1.165, 1.54) is 4.40 Å². The lowest BCUT2D eigenvalue weighted by molar-refractivity contribution is 0.0940. The summed E-state index contributed by atoms with van der Waals surface area (Å²) in [6.07, 6.45) is 6.69. The van der Waals surface area contributed by atoms with Gasteiger partial charge in [0.15, 0.2) is 5.65 Å². The van der Waals surface area contributed by atoms with Crippen LogP contribution in [0.15, 0.2) is 96.3 Å². The van der Waals surface area contributed by atoms with E-state index in [2.05, 4.69) is 32.2 Å². The van der Waals surface area contributed by atoms with Gasteiger partial charge in [-0.2, -0.15) is 5.10 Å². The minimum absolute atomic E-state index is 0.277. The number of carbonyl (C=O) groups is 1. The van der Waals surface area contributed by atoms with Gasteiger partial charge < -0.3 is 5.32 Å². The maximum Gasteiger partial charge on any atom is 0.267 e. The fourth-order valence-corrected chi connectivity index (χ4v) is 4.66. The van der Waals surface area contributed by atoms with Crippen LogP contribution in [-0.2, 0) is 0 Å². The molecule has 1 atom stereocenters. The lowest BCUT2D eigenvalue weighted by Crippen LogP contribution is -2.31. The molecule has 1 N–H and O–H groups in total. The van der Waals surface area contributed by atoms with Crippen molar-refractivity contribution in [2.45, 2.75) is 19.9 Å². The highest BCUT2D eigenvalue weighted by molar-refractivity contribution is 6.01. The zero-order valence-electron chi connectivity index (χ0n) is 21.7. The number of fused-ring (bicyclic) bond motifs is 2. The van der Waals surface area contributed by atoms with E-state index in [9.17, 15) is 9.59 Å². The van der Waals surface area contributed by atoms with Crippen LogP contribution in [0, 0.1) is 18.8 Å². The number of amides is 1. The second kappa shape index (κ2) is 10.3. The number of nitrogens with zero attached hydrogens (tertiary/aromatic N) is 6. The molecule has 0 aliphatic rings. The van der Waals surface area contributed by atoms with Gasteiger partial charge in [-0.15, -0.1) is 0 Å². The highest BCUT2D eigenvalue weighted by atomic mass is 16.2. The zero-order valence-corrected chi connectivity index (χ0v) is 21.7. The number of pyridine rings is 2. The molecule has 9 nitrogen and oxygen atoms in total. The largest absolute Gasteiger partial charge is 0.344 e. The summed E-state index contributed by atoms with van der Waals surface area (Å²) in [4.78, 5) is 40.8. The molecule has 9 heteroatoms. The molecule has 1 aromatic carbocycles. The molecule has 6 aromatic rings. The SMILES string of the molecule is Cc1nn2cccnc2c1C(=O)NC(C)c1nc2cccc(C#Cc3ccncc3)n2c(=O)c1-c1ccccc1. The van der Waals surface area contributed by atoms with Crippen LogP contribution in [-0.4, -0.2) is 34.9 Å². The van der Waals surface area contributed by atoms with Gasteiger partial charge >= 0.3 is 0 Å². The number of hydrogen-bond acceptors (Lipinski definition) is 6. The van der Waals surface area contributed by atoms with Crippen molar-refractivity contribution in [3.63, 3.8) is 0 Å². The summed E-state index contributed by atoms with van der Waals surface area (Å²) in [7, 11) is 0. The van der Waals surface area contributed by atoms with Crippen molar-refractivity contribution >= 4 is 17.2 Å². The highest BCUT2D eigenvalue weighted by Gasteiger charge is 2.25.